The fraction of sp³-hybridized carbons (Fsp3) is 0.514. The van der Waals surface area contributed by atoms with Crippen molar-refractivity contribution in [2.24, 2.45) is 13.0 Å². The second-order valence-electron chi connectivity index (χ2n) is 13.3. The van der Waals surface area contributed by atoms with Crippen molar-refractivity contribution >= 4 is 57.6 Å². The quantitative estimate of drug-likeness (QED) is 0.321. The van der Waals surface area contributed by atoms with Crippen LogP contribution < -0.4 is 5.32 Å². The Kier molecular flexibility index (Phi) is 10.4. The van der Waals surface area contributed by atoms with Gasteiger partial charge in [-0.3, -0.25) is 19.3 Å². The van der Waals surface area contributed by atoms with Gasteiger partial charge in [-0.25, -0.2) is 0 Å². The summed E-state index contributed by atoms with van der Waals surface area (Å²) in [5, 5.41) is 13.7. The molecule has 2 aromatic carbocycles. The standard InChI is InChI=1S/C35H43Cl2N5O5/c1-39-11-13-41(14-12-39)24-17-25(21-47-26-9-7-22(8-10-26)35(45)46)42(19-24)33(43)16-23-15-30(37)31(18-29(23)36)38-34(44)28-20-40(2)32-6-4-3-5-27(28)32/h3-6,15,18,20,22,24-26H,7-14,16-17,19,21H2,1-2H3,(H,38,44)(H,45,46)/t22?,24-,25-,26?/m0/s1. The number of hydrogen-bond acceptors (Lipinski definition) is 6. The maximum atomic E-state index is 13.9. The lowest BCUT2D eigenvalue weighted by atomic mass is 9.87. The molecule has 2 atom stereocenters. The molecule has 3 heterocycles. The number of aryl methyl sites for hydroxylation is 1. The molecule has 252 valence electrons. The number of ether oxygens (including phenoxy) is 1. The van der Waals surface area contributed by atoms with E-state index in [1.54, 1.807) is 18.3 Å². The Balaban J connectivity index is 1.13. The number of likely N-dealkylation sites (N-methyl/N-ethyl adjacent to an activating group) is 1. The van der Waals surface area contributed by atoms with Gasteiger partial charge in [0.05, 0.1) is 47.4 Å². The van der Waals surface area contributed by atoms with Crippen LogP contribution in [0.25, 0.3) is 10.9 Å². The molecular weight excluding hydrogens is 641 g/mol. The number of amides is 2. The summed E-state index contributed by atoms with van der Waals surface area (Å²) in [7, 11) is 4.03. The van der Waals surface area contributed by atoms with E-state index in [2.05, 4.69) is 22.2 Å². The van der Waals surface area contributed by atoms with Crippen molar-refractivity contribution in [3.05, 3.63) is 63.8 Å². The zero-order chi connectivity index (χ0) is 33.2. The number of fused-ring (bicyclic) bond motifs is 1. The molecule has 47 heavy (non-hydrogen) atoms. The first-order valence-corrected chi connectivity index (χ1v) is 17.2. The molecule has 3 fully saturated rings. The van der Waals surface area contributed by atoms with E-state index in [-0.39, 0.29) is 42.3 Å². The summed E-state index contributed by atoms with van der Waals surface area (Å²) < 4.78 is 8.24. The maximum Gasteiger partial charge on any atom is 0.306 e. The Hall–Kier alpha value is -3.15. The molecule has 0 spiro atoms. The second kappa shape index (κ2) is 14.5. The van der Waals surface area contributed by atoms with Crippen LogP contribution in [0.2, 0.25) is 10.0 Å². The third kappa shape index (κ3) is 7.62. The zero-order valence-corrected chi connectivity index (χ0v) is 28.5. The number of halogens is 2. The number of nitrogens with one attached hydrogen (secondary N) is 1. The minimum Gasteiger partial charge on any atom is -0.481 e. The molecule has 3 aromatic rings. The van der Waals surface area contributed by atoms with Gasteiger partial charge < -0.3 is 29.5 Å². The monoisotopic (exact) mass is 683 g/mol. The number of aromatic nitrogens is 1. The highest BCUT2D eigenvalue weighted by molar-refractivity contribution is 6.36. The number of anilines is 1. The van der Waals surface area contributed by atoms with Crippen LogP contribution in [-0.4, -0.2) is 107 Å². The van der Waals surface area contributed by atoms with Crippen molar-refractivity contribution in [2.45, 2.75) is 56.7 Å². The number of para-hydroxylation sites is 1. The van der Waals surface area contributed by atoms with E-state index < -0.39 is 5.97 Å². The molecule has 10 nitrogen and oxygen atoms in total. The third-order valence-corrected chi connectivity index (χ3v) is 10.8. The smallest absolute Gasteiger partial charge is 0.306 e. The van der Waals surface area contributed by atoms with Crippen LogP contribution in [0.1, 0.15) is 48.0 Å². The average Bonchev–Trinajstić information content (AvgIpc) is 3.64. The Morgan fingerprint density at radius 1 is 0.979 bits per heavy atom. The average molecular weight is 685 g/mol. The number of piperazine rings is 1. The minimum atomic E-state index is -0.731. The first-order valence-electron chi connectivity index (χ1n) is 16.5. The van der Waals surface area contributed by atoms with Crippen molar-refractivity contribution in [3.63, 3.8) is 0 Å². The molecule has 12 heteroatoms. The highest BCUT2D eigenvalue weighted by atomic mass is 35.5. The van der Waals surface area contributed by atoms with Crippen LogP contribution in [-0.2, 0) is 27.8 Å². The van der Waals surface area contributed by atoms with Gasteiger partial charge in [-0.05, 0) is 62.9 Å². The molecule has 1 aliphatic carbocycles. The van der Waals surface area contributed by atoms with Gasteiger partial charge in [-0.15, -0.1) is 0 Å². The first-order chi connectivity index (χ1) is 22.6. The molecule has 0 radical (unpaired) electrons. The van der Waals surface area contributed by atoms with Gasteiger partial charge in [0.2, 0.25) is 5.91 Å². The van der Waals surface area contributed by atoms with Crippen molar-refractivity contribution in [3.8, 4) is 0 Å². The lowest BCUT2D eigenvalue weighted by Gasteiger charge is -2.36. The SMILES string of the molecule is CN1CCN([C@H]2C[C@@H](COC3CCC(C(=O)O)CC3)N(C(=O)Cc3cc(Cl)c(NC(=O)c4cn(C)c5ccccc45)cc3Cl)C2)CC1. The van der Waals surface area contributed by atoms with Crippen LogP contribution in [0.4, 0.5) is 5.69 Å². The topological polar surface area (TPSA) is 107 Å². The molecule has 2 aliphatic heterocycles. The molecule has 3 aliphatic rings. The van der Waals surface area contributed by atoms with Crippen molar-refractivity contribution < 1.29 is 24.2 Å². The number of hydrogen-bond donors (Lipinski definition) is 2. The lowest BCUT2D eigenvalue weighted by molar-refractivity contribution is -0.144. The van der Waals surface area contributed by atoms with E-state index in [1.165, 1.54) is 0 Å². The summed E-state index contributed by atoms with van der Waals surface area (Å²) in [5.74, 6) is -1.37. The number of carboxylic acid groups (broad SMARTS) is 1. The molecule has 6 rings (SSSR count). The van der Waals surface area contributed by atoms with E-state index in [4.69, 9.17) is 27.9 Å². The molecule has 2 saturated heterocycles. The summed E-state index contributed by atoms with van der Waals surface area (Å²) in [4.78, 5) is 45.3. The Morgan fingerprint density at radius 3 is 2.43 bits per heavy atom. The van der Waals surface area contributed by atoms with Crippen LogP contribution >= 0.6 is 23.2 Å². The Bertz CT molecular complexity index is 1630. The first kappa shape index (κ1) is 33.7. The summed E-state index contributed by atoms with van der Waals surface area (Å²) in [6.07, 6.45) is 5.38. The third-order valence-electron chi connectivity index (χ3n) is 10.2. The molecule has 1 saturated carbocycles. The van der Waals surface area contributed by atoms with Gasteiger partial charge in [-0.1, -0.05) is 41.4 Å². The summed E-state index contributed by atoms with van der Waals surface area (Å²) in [5.41, 5.74) is 2.45. The number of carboxylic acids is 1. The molecule has 1 aromatic heterocycles. The number of carbonyl (C=O) groups is 3. The van der Waals surface area contributed by atoms with E-state index in [9.17, 15) is 19.5 Å². The molecule has 2 amide bonds. The van der Waals surface area contributed by atoms with Gasteiger partial charge in [0.15, 0.2) is 0 Å². The molecule has 0 bridgehead atoms. The number of aliphatic carboxylic acids is 1. The molecule has 2 N–H and O–H groups in total. The van der Waals surface area contributed by atoms with E-state index in [0.717, 1.165) is 56.3 Å². The number of likely N-dealkylation sites (tertiary alicyclic amines) is 1. The van der Waals surface area contributed by atoms with Gasteiger partial charge in [0.25, 0.3) is 5.91 Å². The lowest BCUT2D eigenvalue weighted by Crippen LogP contribution is -2.50. The largest absolute Gasteiger partial charge is 0.481 e. The number of nitrogens with zero attached hydrogens (tertiary/aromatic N) is 4. The van der Waals surface area contributed by atoms with Gasteiger partial charge in [-0.2, -0.15) is 0 Å². The zero-order valence-electron chi connectivity index (χ0n) is 27.0. The summed E-state index contributed by atoms with van der Waals surface area (Å²) in [6.45, 7) is 4.96. The minimum absolute atomic E-state index is 0.00937. The van der Waals surface area contributed by atoms with Gasteiger partial charge >= 0.3 is 5.97 Å². The van der Waals surface area contributed by atoms with Gasteiger partial charge in [0, 0.05) is 67.9 Å². The normalized spacial score (nSPS) is 24.1. The van der Waals surface area contributed by atoms with E-state index >= 15 is 0 Å². The predicted molar refractivity (Wildman–Crippen MR) is 183 cm³/mol. The second-order valence-corrected chi connectivity index (χ2v) is 14.1. The van der Waals surface area contributed by atoms with Crippen LogP contribution in [0, 0.1) is 5.92 Å². The van der Waals surface area contributed by atoms with Crippen LogP contribution in [0.3, 0.4) is 0 Å². The highest BCUT2D eigenvalue weighted by Crippen LogP contribution is 2.33. The maximum absolute atomic E-state index is 13.9. The fourth-order valence-electron chi connectivity index (χ4n) is 7.33. The number of carbonyl (C=O) groups excluding carboxylic acids is 2. The fourth-order valence-corrected chi connectivity index (χ4v) is 7.79. The summed E-state index contributed by atoms with van der Waals surface area (Å²) in [6, 6.07) is 11.1. The number of rotatable bonds is 9. The van der Waals surface area contributed by atoms with Crippen LogP contribution in [0.5, 0.6) is 0 Å². The van der Waals surface area contributed by atoms with Crippen molar-refractivity contribution in [1.29, 1.82) is 0 Å². The number of benzene rings is 2. The van der Waals surface area contributed by atoms with Crippen molar-refractivity contribution in [1.82, 2.24) is 19.3 Å². The van der Waals surface area contributed by atoms with E-state index in [0.29, 0.717) is 52.9 Å². The molecule has 0 unspecified atom stereocenters. The van der Waals surface area contributed by atoms with Crippen molar-refractivity contribution in [2.75, 3.05) is 51.7 Å². The highest BCUT2D eigenvalue weighted by Gasteiger charge is 2.39. The van der Waals surface area contributed by atoms with E-state index in [1.807, 2.05) is 40.8 Å². The molecular formula is C35H43Cl2N5O5. The van der Waals surface area contributed by atoms with Gasteiger partial charge in [0.1, 0.15) is 0 Å². The Morgan fingerprint density at radius 2 is 1.70 bits per heavy atom. The van der Waals surface area contributed by atoms with Crippen LogP contribution in [0.15, 0.2) is 42.6 Å². The predicted octanol–water partition coefficient (Wildman–Crippen LogP) is 5.16. The Labute approximate surface area is 285 Å². The summed E-state index contributed by atoms with van der Waals surface area (Å²) >= 11 is 13.4.